The van der Waals surface area contributed by atoms with Crippen LogP contribution in [0.2, 0.25) is 0 Å². The van der Waals surface area contributed by atoms with Crippen molar-refractivity contribution in [1.29, 1.82) is 0 Å². The largest absolute Gasteiger partial charge is 0.452 e. The lowest BCUT2D eigenvalue weighted by Crippen LogP contribution is -2.52. The van der Waals surface area contributed by atoms with Crippen molar-refractivity contribution in [2.24, 2.45) is 0 Å². The summed E-state index contributed by atoms with van der Waals surface area (Å²) in [6, 6.07) is 16.5. The SMILES string of the molecule is O=C(/C=C/c1cccc(Br)c1)OCC(=O)N1CCN(C(=O)Nc2ccccc2)CC1. The van der Waals surface area contributed by atoms with Crippen molar-refractivity contribution in [1.82, 2.24) is 9.80 Å². The van der Waals surface area contributed by atoms with Crippen LogP contribution in [0, 0.1) is 0 Å². The zero-order chi connectivity index (χ0) is 21.3. The molecule has 0 bridgehead atoms. The van der Waals surface area contributed by atoms with Crippen molar-refractivity contribution < 1.29 is 19.1 Å². The number of hydrogen-bond acceptors (Lipinski definition) is 4. The van der Waals surface area contributed by atoms with Crippen LogP contribution in [-0.4, -0.2) is 60.5 Å². The van der Waals surface area contributed by atoms with E-state index in [2.05, 4.69) is 21.2 Å². The van der Waals surface area contributed by atoms with Crippen molar-refractivity contribution in [3.05, 3.63) is 70.7 Å². The van der Waals surface area contributed by atoms with E-state index < -0.39 is 5.97 Å². The predicted octanol–water partition coefficient (Wildman–Crippen LogP) is 3.38. The lowest BCUT2D eigenvalue weighted by Gasteiger charge is -2.34. The molecule has 1 aliphatic rings. The second kappa shape index (κ2) is 10.6. The zero-order valence-electron chi connectivity index (χ0n) is 16.3. The third kappa shape index (κ3) is 6.45. The molecular weight excluding hydrogens is 450 g/mol. The van der Waals surface area contributed by atoms with Crippen LogP contribution in [0.3, 0.4) is 0 Å². The van der Waals surface area contributed by atoms with Gasteiger partial charge in [0.05, 0.1) is 0 Å². The van der Waals surface area contributed by atoms with Gasteiger partial charge in [0.15, 0.2) is 6.61 Å². The molecule has 1 N–H and O–H groups in total. The van der Waals surface area contributed by atoms with E-state index in [4.69, 9.17) is 4.74 Å². The van der Waals surface area contributed by atoms with Crippen LogP contribution < -0.4 is 5.32 Å². The number of carbonyl (C=O) groups is 3. The molecule has 3 amide bonds. The number of carbonyl (C=O) groups excluding carboxylic acids is 3. The van der Waals surface area contributed by atoms with E-state index in [1.54, 1.807) is 15.9 Å². The molecule has 0 atom stereocenters. The van der Waals surface area contributed by atoms with Crippen LogP contribution >= 0.6 is 15.9 Å². The average molecular weight is 472 g/mol. The van der Waals surface area contributed by atoms with Crippen LogP contribution in [0.15, 0.2) is 65.1 Å². The fourth-order valence-corrected chi connectivity index (χ4v) is 3.35. The van der Waals surface area contributed by atoms with Crippen LogP contribution in [0.25, 0.3) is 6.08 Å². The summed E-state index contributed by atoms with van der Waals surface area (Å²) in [5.41, 5.74) is 1.57. The van der Waals surface area contributed by atoms with Gasteiger partial charge in [-0.3, -0.25) is 4.79 Å². The third-order valence-corrected chi connectivity index (χ3v) is 5.04. The number of nitrogens with zero attached hydrogens (tertiary/aromatic N) is 2. The van der Waals surface area contributed by atoms with Crippen molar-refractivity contribution in [2.75, 3.05) is 38.1 Å². The number of para-hydroxylation sites is 1. The van der Waals surface area contributed by atoms with Gasteiger partial charge in [-0.1, -0.05) is 46.3 Å². The molecule has 2 aromatic carbocycles. The highest BCUT2D eigenvalue weighted by molar-refractivity contribution is 9.10. The number of amides is 3. The van der Waals surface area contributed by atoms with Gasteiger partial charge < -0.3 is 19.9 Å². The molecule has 156 valence electrons. The lowest BCUT2D eigenvalue weighted by atomic mass is 10.2. The van der Waals surface area contributed by atoms with Gasteiger partial charge in [0, 0.05) is 42.4 Å². The fourth-order valence-electron chi connectivity index (χ4n) is 2.93. The highest BCUT2D eigenvalue weighted by atomic mass is 79.9. The van der Waals surface area contributed by atoms with Gasteiger partial charge in [-0.25, -0.2) is 9.59 Å². The minimum absolute atomic E-state index is 0.197. The maximum Gasteiger partial charge on any atom is 0.331 e. The Morgan fingerprint density at radius 2 is 1.67 bits per heavy atom. The smallest absolute Gasteiger partial charge is 0.331 e. The Morgan fingerprint density at radius 3 is 2.37 bits per heavy atom. The Balaban J connectivity index is 1.39. The van der Waals surface area contributed by atoms with Gasteiger partial charge in [-0.2, -0.15) is 0 Å². The van der Waals surface area contributed by atoms with Crippen molar-refractivity contribution in [2.45, 2.75) is 0 Å². The Bertz CT molecular complexity index is 925. The Kier molecular flexibility index (Phi) is 7.62. The highest BCUT2D eigenvalue weighted by Crippen LogP contribution is 2.13. The number of rotatable bonds is 5. The molecule has 1 aliphatic heterocycles. The van der Waals surface area contributed by atoms with Crippen LogP contribution in [0.1, 0.15) is 5.56 Å². The summed E-state index contributed by atoms with van der Waals surface area (Å²) in [6.45, 7) is 1.30. The molecule has 1 fully saturated rings. The molecule has 2 aromatic rings. The quantitative estimate of drug-likeness (QED) is 0.535. The van der Waals surface area contributed by atoms with E-state index in [0.29, 0.717) is 26.2 Å². The summed E-state index contributed by atoms with van der Waals surface area (Å²) in [6.07, 6.45) is 2.92. The average Bonchev–Trinajstić information content (AvgIpc) is 2.77. The molecule has 3 rings (SSSR count). The second-order valence-corrected chi connectivity index (χ2v) is 7.58. The van der Waals surface area contributed by atoms with Crippen molar-refractivity contribution in [3.8, 4) is 0 Å². The molecule has 0 aromatic heterocycles. The summed E-state index contributed by atoms with van der Waals surface area (Å²) in [5.74, 6) is -0.855. The van der Waals surface area contributed by atoms with Gasteiger partial charge in [0.1, 0.15) is 0 Å². The van der Waals surface area contributed by atoms with E-state index in [9.17, 15) is 14.4 Å². The minimum Gasteiger partial charge on any atom is -0.452 e. The predicted molar refractivity (Wildman–Crippen MR) is 118 cm³/mol. The van der Waals surface area contributed by atoms with Crippen LogP contribution in [0.5, 0.6) is 0 Å². The molecule has 30 heavy (non-hydrogen) atoms. The molecule has 7 nitrogen and oxygen atoms in total. The minimum atomic E-state index is -0.579. The molecular formula is C22H22BrN3O4. The first kappa shape index (κ1) is 21.6. The number of ether oxygens (including phenoxy) is 1. The lowest BCUT2D eigenvalue weighted by molar-refractivity contribution is -0.148. The van der Waals surface area contributed by atoms with Gasteiger partial charge in [0.25, 0.3) is 5.91 Å². The topological polar surface area (TPSA) is 79.0 Å². The number of benzene rings is 2. The Labute approximate surface area is 183 Å². The summed E-state index contributed by atoms with van der Waals surface area (Å²) in [4.78, 5) is 39.7. The molecule has 0 unspecified atom stereocenters. The highest BCUT2D eigenvalue weighted by Gasteiger charge is 2.24. The maximum atomic E-state index is 12.3. The van der Waals surface area contributed by atoms with E-state index >= 15 is 0 Å². The van der Waals surface area contributed by atoms with E-state index in [1.807, 2.05) is 54.6 Å². The fraction of sp³-hybridized carbons (Fsp3) is 0.227. The summed E-state index contributed by atoms with van der Waals surface area (Å²) >= 11 is 3.36. The molecule has 0 aliphatic carbocycles. The van der Waals surface area contributed by atoms with E-state index in [-0.39, 0.29) is 18.5 Å². The van der Waals surface area contributed by atoms with Crippen LogP contribution in [-0.2, 0) is 14.3 Å². The second-order valence-electron chi connectivity index (χ2n) is 6.66. The number of piperazine rings is 1. The van der Waals surface area contributed by atoms with E-state index in [1.165, 1.54) is 6.08 Å². The molecule has 1 heterocycles. The Hall–Kier alpha value is -3.13. The van der Waals surface area contributed by atoms with Gasteiger partial charge in [0.2, 0.25) is 0 Å². The summed E-state index contributed by atoms with van der Waals surface area (Å²) in [5, 5.41) is 2.83. The number of nitrogens with one attached hydrogen (secondary N) is 1. The molecule has 0 spiro atoms. The van der Waals surface area contributed by atoms with Crippen molar-refractivity contribution in [3.63, 3.8) is 0 Å². The van der Waals surface area contributed by atoms with Crippen molar-refractivity contribution >= 4 is 45.6 Å². The molecule has 8 heteroatoms. The van der Waals surface area contributed by atoms with Gasteiger partial charge >= 0.3 is 12.0 Å². The molecule has 1 saturated heterocycles. The first-order valence-corrected chi connectivity index (χ1v) is 10.3. The Morgan fingerprint density at radius 1 is 0.967 bits per heavy atom. The standard InChI is InChI=1S/C22H22BrN3O4/c23-18-6-4-5-17(15-18)9-10-21(28)30-16-20(27)25-11-13-26(14-12-25)22(29)24-19-7-2-1-3-8-19/h1-10,15H,11-14,16H2,(H,24,29)/b10-9+. The molecule has 0 saturated carbocycles. The third-order valence-electron chi connectivity index (χ3n) is 4.54. The first-order valence-electron chi connectivity index (χ1n) is 9.50. The van der Waals surface area contributed by atoms with Crippen LogP contribution in [0.4, 0.5) is 10.5 Å². The van der Waals surface area contributed by atoms with Gasteiger partial charge in [-0.15, -0.1) is 0 Å². The first-order chi connectivity index (χ1) is 14.5. The maximum absolute atomic E-state index is 12.3. The number of anilines is 1. The number of hydrogen-bond donors (Lipinski definition) is 1. The summed E-state index contributed by atoms with van der Waals surface area (Å²) < 4.78 is 5.95. The number of halogens is 1. The van der Waals surface area contributed by atoms with E-state index in [0.717, 1.165) is 15.7 Å². The number of urea groups is 1. The number of esters is 1. The summed E-state index contributed by atoms with van der Waals surface area (Å²) in [7, 11) is 0. The van der Waals surface area contributed by atoms with Gasteiger partial charge in [-0.05, 0) is 35.9 Å². The zero-order valence-corrected chi connectivity index (χ0v) is 17.9. The normalized spacial score (nSPS) is 13.9. The molecule has 0 radical (unpaired) electrons. The monoisotopic (exact) mass is 471 g/mol.